The van der Waals surface area contributed by atoms with Crippen LogP contribution in [0.4, 0.5) is 0 Å². The van der Waals surface area contributed by atoms with Crippen LogP contribution in [0, 0.1) is 0 Å². The van der Waals surface area contributed by atoms with E-state index in [9.17, 15) is 0 Å². The molecule has 0 aromatic carbocycles. The van der Waals surface area contributed by atoms with Crippen LogP contribution in [0.2, 0.25) is 0 Å². The number of H-pyrrole nitrogens is 2. The molecule has 0 aliphatic rings. The summed E-state index contributed by atoms with van der Waals surface area (Å²) >= 11 is 0. The topological polar surface area (TPSA) is 28.3 Å². The molecule has 0 unspecified atom stereocenters. The second-order valence-corrected chi connectivity index (χ2v) is 2.58. The third-order valence-corrected chi connectivity index (χ3v) is 1.77. The second kappa shape index (κ2) is 6.51. The van der Waals surface area contributed by atoms with Crippen LogP contribution in [-0.2, 0) is 0 Å². The van der Waals surface area contributed by atoms with E-state index in [1.165, 1.54) is 11.1 Å². The van der Waals surface area contributed by atoms with Crippen molar-refractivity contribution < 1.29 is 39.4 Å². The van der Waals surface area contributed by atoms with E-state index in [1.54, 1.807) is 0 Å². The lowest BCUT2D eigenvalue weighted by Crippen LogP contribution is -3.00. The molecule has 14 heavy (non-hydrogen) atoms. The number of halogens is 2. The lowest BCUT2D eigenvalue weighted by atomic mass is 10.1. The fourth-order valence-electron chi connectivity index (χ4n) is 1.16. The first-order valence-corrected chi connectivity index (χ1v) is 3.89. The van der Waals surface area contributed by atoms with Gasteiger partial charge in [0.25, 0.3) is 0 Å². The number of hydrogen-bond acceptors (Lipinski definition) is 0. The van der Waals surface area contributed by atoms with Gasteiger partial charge in [0.2, 0.25) is 0 Å². The van der Waals surface area contributed by atoms with Crippen molar-refractivity contribution >= 4 is 0 Å². The Bertz CT molecular complexity index is 316. The smallest absolute Gasteiger partial charge is 0.167 e. The quantitative estimate of drug-likeness (QED) is 0.498. The number of aromatic nitrogens is 2. The molecular formula is C10H10BrClN2. The van der Waals surface area contributed by atoms with Crippen molar-refractivity contribution in [3.05, 3.63) is 49.1 Å². The number of pyridine rings is 2. The fraction of sp³-hybridized carbons (Fsp3) is 0. The number of aromatic amines is 2. The minimum absolute atomic E-state index is 0. The van der Waals surface area contributed by atoms with Crippen LogP contribution in [0.1, 0.15) is 0 Å². The maximum atomic E-state index is 2.99. The minimum Gasteiger partial charge on any atom is -1.00 e. The zero-order valence-electron chi connectivity index (χ0n) is 7.37. The molecule has 0 aliphatic heterocycles. The molecule has 0 bridgehead atoms. The first kappa shape index (κ1) is 13.1. The molecule has 0 fully saturated rings. The van der Waals surface area contributed by atoms with Gasteiger partial charge in [-0.05, 0) is 11.1 Å². The normalized spacial score (nSPS) is 8.29. The van der Waals surface area contributed by atoms with Crippen LogP contribution >= 0.6 is 0 Å². The average Bonchev–Trinajstić information content (AvgIpc) is 2.21. The van der Waals surface area contributed by atoms with Crippen LogP contribution in [0.15, 0.2) is 49.1 Å². The molecule has 4 heteroatoms. The van der Waals surface area contributed by atoms with Gasteiger partial charge in [-0.3, -0.25) is 0 Å². The number of rotatable bonds is 1. The molecule has 74 valence electrons. The summed E-state index contributed by atoms with van der Waals surface area (Å²) in [5, 5.41) is 0. The summed E-state index contributed by atoms with van der Waals surface area (Å²) in [5.41, 5.74) is 2.45. The Morgan fingerprint density at radius 3 is 1.21 bits per heavy atom. The van der Waals surface area contributed by atoms with Crippen molar-refractivity contribution in [3.63, 3.8) is 0 Å². The summed E-state index contributed by atoms with van der Waals surface area (Å²) in [6.45, 7) is 0. The molecule has 0 spiro atoms. The van der Waals surface area contributed by atoms with E-state index in [2.05, 4.69) is 34.2 Å². The van der Waals surface area contributed by atoms with Gasteiger partial charge in [0.15, 0.2) is 24.8 Å². The monoisotopic (exact) mass is 272 g/mol. The summed E-state index contributed by atoms with van der Waals surface area (Å²) in [6, 6.07) is 8.20. The summed E-state index contributed by atoms with van der Waals surface area (Å²) in [4.78, 5) is 5.99. The highest BCUT2D eigenvalue weighted by molar-refractivity contribution is 5.60. The lowest BCUT2D eigenvalue weighted by molar-refractivity contribution is -0.378. The Morgan fingerprint density at radius 1 is 0.643 bits per heavy atom. The molecule has 0 saturated heterocycles. The molecule has 0 atom stereocenters. The summed E-state index contributed by atoms with van der Waals surface area (Å²) in [5.74, 6) is 0. The van der Waals surface area contributed by atoms with Crippen LogP contribution in [0.5, 0.6) is 0 Å². The van der Waals surface area contributed by atoms with Gasteiger partial charge >= 0.3 is 0 Å². The molecule has 2 nitrogen and oxygen atoms in total. The van der Waals surface area contributed by atoms with E-state index in [0.29, 0.717) is 0 Å². The molecule has 2 aromatic rings. The molecule has 2 rings (SSSR count). The first-order valence-electron chi connectivity index (χ1n) is 3.89. The Kier molecular flexibility index (Phi) is 6.08. The van der Waals surface area contributed by atoms with E-state index in [1.807, 2.05) is 24.8 Å². The molecule has 0 radical (unpaired) electrons. The molecule has 2 aromatic heterocycles. The highest BCUT2D eigenvalue weighted by Crippen LogP contribution is 2.14. The maximum Gasteiger partial charge on any atom is 0.167 e. The Hall–Kier alpha value is -0.930. The zero-order chi connectivity index (χ0) is 8.23. The summed E-state index contributed by atoms with van der Waals surface area (Å²) in [7, 11) is 0. The Labute approximate surface area is 99.6 Å². The van der Waals surface area contributed by atoms with Gasteiger partial charge in [0, 0.05) is 24.3 Å². The number of hydrogen-bond donors (Lipinski definition) is 0. The minimum atomic E-state index is 0. The predicted octanol–water partition coefficient (Wildman–Crippen LogP) is -5.01. The second-order valence-electron chi connectivity index (χ2n) is 2.58. The van der Waals surface area contributed by atoms with E-state index < -0.39 is 0 Å². The highest BCUT2D eigenvalue weighted by atomic mass is 79.9. The van der Waals surface area contributed by atoms with Gasteiger partial charge in [0.05, 0.1) is 0 Å². The van der Waals surface area contributed by atoms with Crippen molar-refractivity contribution in [2.75, 3.05) is 0 Å². The third kappa shape index (κ3) is 3.09. The molecule has 0 aliphatic carbocycles. The van der Waals surface area contributed by atoms with Crippen molar-refractivity contribution in [2.24, 2.45) is 0 Å². The summed E-state index contributed by atoms with van der Waals surface area (Å²) in [6.07, 6.45) is 7.69. The highest BCUT2D eigenvalue weighted by Gasteiger charge is 1.97. The Morgan fingerprint density at radius 2 is 0.929 bits per heavy atom. The zero-order valence-corrected chi connectivity index (χ0v) is 9.72. The van der Waals surface area contributed by atoms with Crippen molar-refractivity contribution in [1.29, 1.82) is 0 Å². The van der Waals surface area contributed by atoms with Crippen LogP contribution in [0.25, 0.3) is 11.1 Å². The van der Waals surface area contributed by atoms with Gasteiger partial charge in [-0.25, -0.2) is 9.97 Å². The SMILES string of the molecule is [Br-].[Cl-].c1cc(-c2cc[nH+]cc2)cc[nH+]1. The van der Waals surface area contributed by atoms with Gasteiger partial charge in [-0.15, -0.1) is 0 Å². The molecule has 2 N–H and O–H groups in total. The van der Waals surface area contributed by atoms with Crippen molar-refractivity contribution in [3.8, 4) is 11.1 Å². The average molecular weight is 274 g/mol. The van der Waals surface area contributed by atoms with E-state index in [0.717, 1.165) is 0 Å². The standard InChI is InChI=1S/C10H8N2.BrH.ClH/c1-5-11-6-2-9(1)10-3-7-12-8-4-10;;/h1-8H;2*1H. The number of nitrogens with one attached hydrogen (secondary N) is 2. The van der Waals surface area contributed by atoms with E-state index in [4.69, 9.17) is 0 Å². The molecular weight excluding hydrogens is 263 g/mol. The lowest BCUT2D eigenvalue weighted by Gasteiger charge is -1.93. The fourth-order valence-corrected chi connectivity index (χ4v) is 1.16. The van der Waals surface area contributed by atoms with Crippen LogP contribution in [-0.4, -0.2) is 0 Å². The molecule has 0 amide bonds. The van der Waals surface area contributed by atoms with Crippen molar-refractivity contribution in [2.45, 2.75) is 0 Å². The van der Waals surface area contributed by atoms with Crippen molar-refractivity contribution in [1.82, 2.24) is 0 Å². The van der Waals surface area contributed by atoms with Gasteiger partial charge in [0.1, 0.15) is 0 Å². The van der Waals surface area contributed by atoms with Gasteiger partial charge < -0.3 is 29.4 Å². The Balaban J connectivity index is 0.000000845. The molecule has 2 heterocycles. The van der Waals surface area contributed by atoms with E-state index >= 15 is 0 Å². The van der Waals surface area contributed by atoms with Gasteiger partial charge in [-0.1, -0.05) is 0 Å². The largest absolute Gasteiger partial charge is 1.00 e. The van der Waals surface area contributed by atoms with E-state index in [-0.39, 0.29) is 29.4 Å². The first-order chi connectivity index (χ1) is 5.97. The van der Waals surface area contributed by atoms with Crippen LogP contribution < -0.4 is 39.4 Å². The molecule has 0 saturated carbocycles. The van der Waals surface area contributed by atoms with Crippen LogP contribution in [0.3, 0.4) is 0 Å². The summed E-state index contributed by atoms with van der Waals surface area (Å²) < 4.78 is 0. The maximum absolute atomic E-state index is 2.99. The predicted molar refractivity (Wildman–Crippen MR) is 45.0 cm³/mol. The van der Waals surface area contributed by atoms with Gasteiger partial charge in [-0.2, -0.15) is 0 Å². The third-order valence-electron chi connectivity index (χ3n) is 1.77.